The SMILES string of the molecule is CCOC(=O)C(Cc1cccc(F)c1Cl)(C(=O)O)C(C)C. The van der Waals surface area contributed by atoms with Gasteiger partial charge >= 0.3 is 11.9 Å². The number of carboxylic acid groups (broad SMARTS) is 1. The van der Waals surface area contributed by atoms with Crippen LogP contribution in [-0.4, -0.2) is 23.7 Å². The zero-order valence-corrected chi connectivity index (χ0v) is 12.9. The van der Waals surface area contributed by atoms with Crippen molar-refractivity contribution in [2.75, 3.05) is 6.61 Å². The number of carbonyl (C=O) groups excluding carboxylic acids is 1. The van der Waals surface area contributed by atoms with Gasteiger partial charge in [0.15, 0.2) is 5.41 Å². The summed E-state index contributed by atoms with van der Waals surface area (Å²) < 4.78 is 18.4. The van der Waals surface area contributed by atoms with Crippen LogP contribution in [0.1, 0.15) is 26.3 Å². The Kier molecular flexibility index (Phi) is 5.72. The van der Waals surface area contributed by atoms with E-state index in [9.17, 15) is 19.1 Å². The molecule has 1 N–H and O–H groups in total. The van der Waals surface area contributed by atoms with Crippen LogP contribution in [0, 0.1) is 17.2 Å². The van der Waals surface area contributed by atoms with E-state index in [0.29, 0.717) is 0 Å². The quantitative estimate of drug-likeness (QED) is 0.646. The summed E-state index contributed by atoms with van der Waals surface area (Å²) >= 11 is 5.87. The summed E-state index contributed by atoms with van der Waals surface area (Å²) in [4.78, 5) is 24.0. The van der Waals surface area contributed by atoms with E-state index < -0.39 is 29.1 Å². The number of halogens is 2. The van der Waals surface area contributed by atoms with E-state index in [-0.39, 0.29) is 23.6 Å². The lowest BCUT2D eigenvalue weighted by molar-refractivity contribution is -0.172. The Bertz CT molecular complexity index is 544. The predicted molar refractivity (Wildman–Crippen MR) is 76.7 cm³/mol. The molecule has 0 saturated heterocycles. The van der Waals surface area contributed by atoms with E-state index in [1.165, 1.54) is 18.2 Å². The molecule has 0 saturated carbocycles. The molecule has 1 aromatic rings. The standard InChI is InChI=1S/C15H18ClFO4/c1-4-21-14(20)15(9(2)3,13(18)19)8-10-6-5-7-11(17)12(10)16/h5-7,9H,4,8H2,1-3H3,(H,18,19). The molecule has 0 fully saturated rings. The van der Waals surface area contributed by atoms with E-state index >= 15 is 0 Å². The molecule has 6 heteroatoms. The first kappa shape index (κ1) is 17.4. The molecule has 0 spiro atoms. The molecule has 0 aromatic heterocycles. The maximum atomic E-state index is 13.5. The van der Waals surface area contributed by atoms with E-state index in [0.717, 1.165) is 0 Å². The Labute approximate surface area is 127 Å². The van der Waals surface area contributed by atoms with E-state index in [4.69, 9.17) is 16.3 Å². The van der Waals surface area contributed by atoms with Crippen LogP contribution in [0.15, 0.2) is 18.2 Å². The molecule has 1 atom stereocenters. The van der Waals surface area contributed by atoms with Crippen molar-refractivity contribution in [3.05, 3.63) is 34.6 Å². The molecule has 1 unspecified atom stereocenters. The van der Waals surface area contributed by atoms with E-state index in [1.54, 1.807) is 20.8 Å². The van der Waals surface area contributed by atoms with Crippen LogP contribution >= 0.6 is 11.6 Å². The minimum Gasteiger partial charge on any atom is -0.480 e. The monoisotopic (exact) mass is 316 g/mol. The van der Waals surface area contributed by atoms with Crippen molar-refractivity contribution < 1.29 is 23.8 Å². The molecule has 116 valence electrons. The lowest BCUT2D eigenvalue weighted by Crippen LogP contribution is -2.47. The highest BCUT2D eigenvalue weighted by molar-refractivity contribution is 6.31. The maximum absolute atomic E-state index is 13.5. The fourth-order valence-electron chi connectivity index (χ4n) is 2.17. The predicted octanol–water partition coefficient (Wildman–Crippen LogP) is 3.31. The fourth-order valence-corrected chi connectivity index (χ4v) is 2.36. The second kappa shape index (κ2) is 6.89. The van der Waals surface area contributed by atoms with Crippen LogP contribution in [0.3, 0.4) is 0 Å². The van der Waals surface area contributed by atoms with Gasteiger partial charge in [-0.2, -0.15) is 0 Å². The smallest absolute Gasteiger partial charge is 0.324 e. The summed E-state index contributed by atoms with van der Waals surface area (Å²) in [5.74, 6) is -3.35. The molecule has 0 aliphatic heterocycles. The van der Waals surface area contributed by atoms with Gasteiger partial charge in [0.1, 0.15) is 5.82 Å². The van der Waals surface area contributed by atoms with Gasteiger partial charge < -0.3 is 9.84 Å². The number of esters is 1. The molecular formula is C15H18ClFO4. The Balaban J connectivity index is 3.34. The van der Waals surface area contributed by atoms with Crippen molar-refractivity contribution in [3.8, 4) is 0 Å². The first-order chi connectivity index (χ1) is 9.77. The maximum Gasteiger partial charge on any atom is 0.324 e. The minimum atomic E-state index is -1.80. The number of aliphatic carboxylic acids is 1. The molecule has 0 amide bonds. The topological polar surface area (TPSA) is 63.6 Å². The van der Waals surface area contributed by atoms with Gasteiger partial charge in [-0.15, -0.1) is 0 Å². The molecule has 21 heavy (non-hydrogen) atoms. The highest BCUT2D eigenvalue weighted by atomic mass is 35.5. The number of hydrogen-bond donors (Lipinski definition) is 1. The van der Waals surface area contributed by atoms with Gasteiger partial charge in [0.05, 0.1) is 11.6 Å². The number of benzene rings is 1. The minimum absolute atomic E-state index is 0.0669. The third-order valence-corrected chi connectivity index (χ3v) is 3.93. The second-order valence-electron chi connectivity index (χ2n) is 5.04. The van der Waals surface area contributed by atoms with Crippen LogP contribution in [-0.2, 0) is 20.7 Å². The lowest BCUT2D eigenvalue weighted by Gasteiger charge is -2.31. The first-order valence-electron chi connectivity index (χ1n) is 6.60. The van der Waals surface area contributed by atoms with E-state index in [1.807, 2.05) is 0 Å². The molecule has 1 aromatic carbocycles. The summed E-state index contributed by atoms with van der Waals surface area (Å²) in [7, 11) is 0. The highest BCUT2D eigenvalue weighted by Crippen LogP contribution is 2.36. The van der Waals surface area contributed by atoms with Crippen molar-refractivity contribution in [1.82, 2.24) is 0 Å². The summed E-state index contributed by atoms with van der Waals surface area (Å²) in [6.07, 6.45) is -0.227. The molecule has 0 aliphatic carbocycles. The van der Waals surface area contributed by atoms with E-state index in [2.05, 4.69) is 0 Å². The number of ether oxygens (including phenoxy) is 1. The van der Waals surface area contributed by atoms with Crippen LogP contribution in [0.4, 0.5) is 4.39 Å². The molecular weight excluding hydrogens is 299 g/mol. The van der Waals surface area contributed by atoms with Crippen molar-refractivity contribution >= 4 is 23.5 Å². The third-order valence-electron chi connectivity index (χ3n) is 3.51. The third kappa shape index (κ3) is 3.35. The zero-order chi connectivity index (χ0) is 16.2. The van der Waals surface area contributed by atoms with Gasteiger partial charge in [0.2, 0.25) is 0 Å². The average Bonchev–Trinajstić information content (AvgIpc) is 2.39. The lowest BCUT2D eigenvalue weighted by atomic mass is 9.72. The van der Waals surface area contributed by atoms with Crippen LogP contribution in [0.2, 0.25) is 5.02 Å². The van der Waals surface area contributed by atoms with Gasteiger partial charge in [-0.05, 0) is 24.5 Å². The van der Waals surface area contributed by atoms with Gasteiger partial charge in [-0.25, -0.2) is 4.39 Å². The van der Waals surface area contributed by atoms with Crippen molar-refractivity contribution in [1.29, 1.82) is 0 Å². The van der Waals surface area contributed by atoms with Crippen LogP contribution in [0.5, 0.6) is 0 Å². The highest BCUT2D eigenvalue weighted by Gasteiger charge is 2.50. The molecule has 0 radical (unpaired) electrons. The number of carboxylic acids is 1. The Hall–Kier alpha value is -1.62. The second-order valence-corrected chi connectivity index (χ2v) is 5.42. The van der Waals surface area contributed by atoms with Crippen molar-refractivity contribution in [2.45, 2.75) is 27.2 Å². The molecule has 1 rings (SSSR count). The van der Waals surface area contributed by atoms with Crippen LogP contribution in [0.25, 0.3) is 0 Å². The van der Waals surface area contributed by atoms with Gasteiger partial charge in [-0.1, -0.05) is 37.6 Å². The molecule has 0 heterocycles. The number of rotatable bonds is 6. The number of carbonyl (C=O) groups is 2. The van der Waals surface area contributed by atoms with Crippen LogP contribution < -0.4 is 0 Å². The van der Waals surface area contributed by atoms with Gasteiger partial charge in [0.25, 0.3) is 0 Å². The van der Waals surface area contributed by atoms with Crippen molar-refractivity contribution in [2.24, 2.45) is 11.3 Å². The normalized spacial score (nSPS) is 13.8. The molecule has 4 nitrogen and oxygen atoms in total. The summed E-state index contributed by atoms with van der Waals surface area (Å²) in [6.45, 7) is 4.88. The van der Waals surface area contributed by atoms with Gasteiger partial charge in [0, 0.05) is 6.42 Å². The van der Waals surface area contributed by atoms with Gasteiger partial charge in [-0.3, -0.25) is 9.59 Å². The summed E-state index contributed by atoms with van der Waals surface area (Å²) in [6, 6.07) is 4.10. The molecule has 0 aliphatic rings. The largest absolute Gasteiger partial charge is 0.480 e. The Morgan fingerprint density at radius 2 is 2.05 bits per heavy atom. The average molecular weight is 317 g/mol. The zero-order valence-electron chi connectivity index (χ0n) is 12.2. The first-order valence-corrected chi connectivity index (χ1v) is 6.98. The molecule has 0 bridgehead atoms. The Morgan fingerprint density at radius 1 is 1.43 bits per heavy atom. The summed E-state index contributed by atoms with van der Waals surface area (Å²) in [5, 5.41) is 9.40. The number of hydrogen-bond acceptors (Lipinski definition) is 3. The fraction of sp³-hybridized carbons (Fsp3) is 0.467. The Morgan fingerprint density at radius 3 is 2.52 bits per heavy atom. The van der Waals surface area contributed by atoms with Crippen molar-refractivity contribution in [3.63, 3.8) is 0 Å². The summed E-state index contributed by atoms with van der Waals surface area (Å²) in [5.41, 5.74) is -1.53.